The maximum Gasteiger partial charge on any atom is 0.316 e. The van der Waals surface area contributed by atoms with Gasteiger partial charge >= 0.3 is 6.01 Å². The Balaban J connectivity index is 1.31. The standard InChI is InChI=1S/C24H35FN6O/c1-17(16-32-23-26-13-19(25)14-27-23)15-30-8-10-31(11-9-30)21-12-20(18-6-5-7-18)28-22(29-21)24(2,3)4/h12-14,17-18H,5-11,15-16H2,1-4H3. The fraction of sp³-hybridized carbons (Fsp3) is 0.667. The molecule has 2 fully saturated rings. The lowest BCUT2D eigenvalue weighted by atomic mass is 9.82. The molecule has 0 amide bonds. The summed E-state index contributed by atoms with van der Waals surface area (Å²) in [7, 11) is 0. The Labute approximate surface area is 190 Å². The van der Waals surface area contributed by atoms with Crippen molar-refractivity contribution in [3.63, 3.8) is 0 Å². The smallest absolute Gasteiger partial charge is 0.316 e. The summed E-state index contributed by atoms with van der Waals surface area (Å²) in [5.74, 6) is 2.50. The molecule has 7 nitrogen and oxygen atoms in total. The Morgan fingerprint density at radius 1 is 1.09 bits per heavy atom. The van der Waals surface area contributed by atoms with Gasteiger partial charge in [0.2, 0.25) is 0 Å². The summed E-state index contributed by atoms with van der Waals surface area (Å²) >= 11 is 0. The van der Waals surface area contributed by atoms with Crippen molar-refractivity contribution in [3.05, 3.63) is 35.8 Å². The zero-order valence-electron chi connectivity index (χ0n) is 19.7. The van der Waals surface area contributed by atoms with Crippen LogP contribution in [0.15, 0.2) is 18.5 Å². The third-order valence-electron chi connectivity index (χ3n) is 6.29. The first-order chi connectivity index (χ1) is 15.3. The van der Waals surface area contributed by atoms with Gasteiger partial charge < -0.3 is 9.64 Å². The van der Waals surface area contributed by atoms with Crippen LogP contribution in [0.3, 0.4) is 0 Å². The van der Waals surface area contributed by atoms with Gasteiger partial charge in [-0.3, -0.25) is 4.90 Å². The number of piperazine rings is 1. The van der Waals surface area contributed by atoms with E-state index in [-0.39, 0.29) is 11.4 Å². The van der Waals surface area contributed by atoms with E-state index in [2.05, 4.69) is 53.5 Å². The summed E-state index contributed by atoms with van der Waals surface area (Å²) < 4.78 is 18.5. The quantitative estimate of drug-likeness (QED) is 0.646. The van der Waals surface area contributed by atoms with Gasteiger partial charge in [-0.05, 0) is 12.8 Å². The van der Waals surface area contributed by atoms with E-state index in [4.69, 9.17) is 14.7 Å². The van der Waals surface area contributed by atoms with Gasteiger partial charge in [-0.25, -0.2) is 24.3 Å². The van der Waals surface area contributed by atoms with Crippen LogP contribution in [-0.2, 0) is 5.41 Å². The van der Waals surface area contributed by atoms with Crippen molar-refractivity contribution in [2.75, 3.05) is 44.2 Å². The lowest BCUT2D eigenvalue weighted by molar-refractivity contribution is 0.171. The van der Waals surface area contributed by atoms with Crippen LogP contribution in [0.25, 0.3) is 0 Å². The second-order valence-electron chi connectivity index (χ2n) is 10.2. The molecule has 8 heteroatoms. The van der Waals surface area contributed by atoms with Crippen LogP contribution in [0.5, 0.6) is 6.01 Å². The van der Waals surface area contributed by atoms with Gasteiger partial charge in [-0.15, -0.1) is 0 Å². The van der Waals surface area contributed by atoms with Gasteiger partial charge in [0.25, 0.3) is 0 Å². The Morgan fingerprint density at radius 2 is 1.78 bits per heavy atom. The molecule has 1 unspecified atom stereocenters. The average molecular weight is 443 g/mol. The van der Waals surface area contributed by atoms with E-state index in [9.17, 15) is 4.39 Å². The monoisotopic (exact) mass is 442 g/mol. The Bertz CT molecular complexity index is 888. The lowest BCUT2D eigenvalue weighted by Gasteiger charge is -2.37. The summed E-state index contributed by atoms with van der Waals surface area (Å²) in [4.78, 5) is 22.5. The van der Waals surface area contributed by atoms with Crippen LogP contribution in [0.2, 0.25) is 0 Å². The third-order valence-corrected chi connectivity index (χ3v) is 6.29. The van der Waals surface area contributed by atoms with E-state index in [1.165, 1.54) is 25.0 Å². The second kappa shape index (κ2) is 9.65. The van der Waals surface area contributed by atoms with Crippen molar-refractivity contribution >= 4 is 5.82 Å². The summed E-state index contributed by atoms with van der Waals surface area (Å²) in [5.41, 5.74) is 1.17. The first-order valence-electron chi connectivity index (χ1n) is 11.7. The summed E-state index contributed by atoms with van der Waals surface area (Å²) in [5, 5.41) is 0. The number of anilines is 1. The van der Waals surface area contributed by atoms with Gasteiger partial charge in [0, 0.05) is 61.7 Å². The molecule has 0 bridgehead atoms. The highest BCUT2D eigenvalue weighted by molar-refractivity contribution is 5.42. The number of hydrogen-bond donors (Lipinski definition) is 0. The molecule has 1 aliphatic carbocycles. The molecule has 0 spiro atoms. The van der Waals surface area contributed by atoms with Crippen molar-refractivity contribution in [1.82, 2.24) is 24.8 Å². The van der Waals surface area contributed by atoms with E-state index < -0.39 is 5.82 Å². The van der Waals surface area contributed by atoms with Gasteiger partial charge in [-0.1, -0.05) is 34.1 Å². The minimum absolute atomic E-state index is 0.0556. The van der Waals surface area contributed by atoms with E-state index in [0.29, 0.717) is 18.4 Å². The molecule has 2 aromatic rings. The summed E-state index contributed by atoms with van der Waals surface area (Å²) in [6.45, 7) is 14.1. The molecule has 4 rings (SSSR count). The molecular weight excluding hydrogens is 407 g/mol. The first kappa shape index (κ1) is 22.8. The molecule has 1 saturated carbocycles. The van der Waals surface area contributed by atoms with Crippen molar-refractivity contribution < 1.29 is 9.13 Å². The number of ether oxygens (including phenoxy) is 1. The molecule has 1 aliphatic heterocycles. The molecule has 2 aromatic heterocycles. The van der Waals surface area contributed by atoms with Gasteiger partial charge in [0.1, 0.15) is 11.6 Å². The zero-order chi connectivity index (χ0) is 22.7. The molecule has 32 heavy (non-hydrogen) atoms. The normalized spacial score (nSPS) is 19.0. The zero-order valence-corrected chi connectivity index (χ0v) is 19.7. The fourth-order valence-corrected chi connectivity index (χ4v) is 4.11. The van der Waals surface area contributed by atoms with Crippen LogP contribution in [-0.4, -0.2) is 64.2 Å². The summed E-state index contributed by atoms with van der Waals surface area (Å²) in [6.07, 6.45) is 6.05. The van der Waals surface area contributed by atoms with Crippen LogP contribution in [0.4, 0.5) is 10.2 Å². The van der Waals surface area contributed by atoms with Gasteiger partial charge in [0.05, 0.1) is 19.0 Å². The number of aromatic nitrogens is 4. The number of halogens is 1. The Morgan fingerprint density at radius 3 is 2.38 bits per heavy atom. The number of rotatable bonds is 7. The fourth-order valence-electron chi connectivity index (χ4n) is 4.11. The van der Waals surface area contributed by atoms with Crippen molar-refractivity contribution in [3.8, 4) is 6.01 Å². The molecule has 0 aromatic carbocycles. The minimum atomic E-state index is -0.457. The largest absolute Gasteiger partial charge is 0.463 e. The molecule has 1 atom stereocenters. The second-order valence-corrected chi connectivity index (χ2v) is 10.2. The molecule has 3 heterocycles. The van der Waals surface area contributed by atoms with Gasteiger partial charge in [0.15, 0.2) is 5.82 Å². The average Bonchev–Trinajstić information content (AvgIpc) is 2.72. The third kappa shape index (κ3) is 5.71. The molecular formula is C24H35FN6O. The maximum absolute atomic E-state index is 12.9. The predicted molar refractivity (Wildman–Crippen MR) is 123 cm³/mol. The van der Waals surface area contributed by atoms with E-state index >= 15 is 0 Å². The Kier molecular flexibility index (Phi) is 6.88. The van der Waals surface area contributed by atoms with Crippen LogP contribution >= 0.6 is 0 Å². The van der Waals surface area contributed by atoms with Crippen LogP contribution < -0.4 is 9.64 Å². The van der Waals surface area contributed by atoms with Gasteiger partial charge in [-0.2, -0.15) is 0 Å². The number of hydrogen-bond acceptors (Lipinski definition) is 7. The molecule has 2 aliphatic rings. The predicted octanol–water partition coefficient (Wildman–Crippen LogP) is 3.81. The highest BCUT2D eigenvalue weighted by atomic mass is 19.1. The Hall–Kier alpha value is -2.35. The molecule has 1 saturated heterocycles. The maximum atomic E-state index is 12.9. The molecule has 0 N–H and O–H groups in total. The van der Waals surface area contributed by atoms with E-state index in [1.54, 1.807) is 0 Å². The number of nitrogens with zero attached hydrogens (tertiary/aromatic N) is 6. The minimum Gasteiger partial charge on any atom is -0.463 e. The SMILES string of the molecule is CC(COc1ncc(F)cn1)CN1CCN(c2cc(C3CCC3)nc(C(C)(C)C)n2)CC1. The van der Waals surface area contributed by atoms with E-state index in [1.807, 2.05) is 0 Å². The highest BCUT2D eigenvalue weighted by Crippen LogP contribution is 2.37. The first-order valence-corrected chi connectivity index (χ1v) is 11.7. The van der Waals surface area contributed by atoms with Crippen LogP contribution in [0, 0.1) is 11.7 Å². The van der Waals surface area contributed by atoms with Crippen molar-refractivity contribution in [2.24, 2.45) is 5.92 Å². The van der Waals surface area contributed by atoms with Crippen molar-refractivity contribution in [2.45, 2.75) is 58.3 Å². The molecule has 174 valence electrons. The van der Waals surface area contributed by atoms with Crippen LogP contribution in [0.1, 0.15) is 64.4 Å². The highest BCUT2D eigenvalue weighted by Gasteiger charge is 2.28. The molecule has 0 radical (unpaired) electrons. The summed E-state index contributed by atoms with van der Waals surface area (Å²) in [6, 6.07) is 2.46. The van der Waals surface area contributed by atoms with Crippen molar-refractivity contribution in [1.29, 1.82) is 0 Å². The lowest BCUT2D eigenvalue weighted by Crippen LogP contribution is -2.48. The topological polar surface area (TPSA) is 67.3 Å². The van der Waals surface area contributed by atoms with E-state index in [0.717, 1.165) is 56.8 Å².